The van der Waals surface area contributed by atoms with Gasteiger partial charge in [-0.3, -0.25) is 4.79 Å². The highest BCUT2D eigenvalue weighted by molar-refractivity contribution is 5.91. The number of nitrogens with two attached hydrogens (primary N) is 1. The number of nitrogens with zero attached hydrogens (tertiary/aromatic N) is 1. The van der Waals surface area contributed by atoms with Gasteiger partial charge in [0.05, 0.1) is 0 Å². The first-order chi connectivity index (χ1) is 7.54. The van der Waals surface area contributed by atoms with E-state index in [-0.39, 0.29) is 5.91 Å². The molecule has 0 unspecified atom stereocenters. The van der Waals surface area contributed by atoms with E-state index < -0.39 is 0 Å². The number of anilines is 1. The second-order valence-corrected chi connectivity index (χ2v) is 4.16. The maximum Gasteiger partial charge on any atom is 0.223 e. The predicted molar refractivity (Wildman–Crippen MR) is 67.6 cm³/mol. The Bertz CT molecular complexity index is 354. The van der Waals surface area contributed by atoms with E-state index in [0.717, 1.165) is 12.1 Å². The smallest absolute Gasteiger partial charge is 0.223 e. The quantitative estimate of drug-likeness (QED) is 0.843. The van der Waals surface area contributed by atoms with Crippen LogP contribution in [0, 0.1) is 13.8 Å². The van der Waals surface area contributed by atoms with Crippen molar-refractivity contribution in [3.8, 4) is 0 Å². The SMILES string of the molecule is CC(=O)N(CCCN)c1cc(C)cc(C)c1. The van der Waals surface area contributed by atoms with Crippen molar-refractivity contribution in [1.29, 1.82) is 0 Å². The third-order valence-electron chi connectivity index (χ3n) is 2.48. The zero-order valence-electron chi connectivity index (χ0n) is 10.3. The number of rotatable bonds is 4. The Morgan fingerprint density at radius 3 is 2.25 bits per heavy atom. The van der Waals surface area contributed by atoms with Crippen molar-refractivity contribution in [2.24, 2.45) is 5.73 Å². The molecule has 0 fully saturated rings. The van der Waals surface area contributed by atoms with Crippen LogP contribution >= 0.6 is 0 Å². The fourth-order valence-corrected chi connectivity index (χ4v) is 1.82. The van der Waals surface area contributed by atoms with Crippen LogP contribution in [0.1, 0.15) is 24.5 Å². The topological polar surface area (TPSA) is 46.3 Å². The molecule has 3 nitrogen and oxygen atoms in total. The minimum Gasteiger partial charge on any atom is -0.330 e. The molecule has 0 bridgehead atoms. The molecule has 1 aromatic carbocycles. The number of benzene rings is 1. The average molecular weight is 220 g/mol. The molecular weight excluding hydrogens is 200 g/mol. The van der Waals surface area contributed by atoms with Gasteiger partial charge in [-0.2, -0.15) is 0 Å². The minimum atomic E-state index is 0.0680. The first-order valence-corrected chi connectivity index (χ1v) is 5.61. The van der Waals surface area contributed by atoms with Gasteiger partial charge in [0.1, 0.15) is 0 Å². The molecule has 1 aromatic rings. The Kier molecular flexibility index (Phi) is 4.50. The number of carbonyl (C=O) groups is 1. The fourth-order valence-electron chi connectivity index (χ4n) is 1.82. The molecule has 2 N–H and O–H groups in total. The van der Waals surface area contributed by atoms with Crippen molar-refractivity contribution in [3.63, 3.8) is 0 Å². The predicted octanol–water partition coefficient (Wildman–Crippen LogP) is 2.01. The van der Waals surface area contributed by atoms with E-state index in [4.69, 9.17) is 5.73 Å². The first kappa shape index (κ1) is 12.7. The Balaban J connectivity index is 2.96. The van der Waals surface area contributed by atoms with Crippen LogP contribution in [-0.2, 0) is 4.79 Å². The summed E-state index contributed by atoms with van der Waals surface area (Å²) in [5, 5.41) is 0. The van der Waals surface area contributed by atoms with Crippen LogP contribution in [0.5, 0.6) is 0 Å². The third-order valence-corrected chi connectivity index (χ3v) is 2.48. The van der Waals surface area contributed by atoms with E-state index in [1.54, 1.807) is 11.8 Å². The summed E-state index contributed by atoms with van der Waals surface area (Å²) >= 11 is 0. The minimum absolute atomic E-state index is 0.0680. The van der Waals surface area contributed by atoms with Gasteiger partial charge < -0.3 is 10.6 Å². The lowest BCUT2D eigenvalue weighted by atomic mass is 10.1. The lowest BCUT2D eigenvalue weighted by molar-refractivity contribution is -0.116. The number of carbonyl (C=O) groups excluding carboxylic acids is 1. The summed E-state index contributed by atoms with van der Waals surface area (Å²) in [6.07, 6.45) is 0.826. The highest BCUT2D eigenvalue weighted by Gasteiger charge is 2.11. The average Bonchev–Trinajstić information content (AvgIpc) is 2.16. The zero-order chi connectivity index (χ0) is 12.1. The van der Waals surface area contributed by atoms with Crippen LogP contribution in [0.3, 0.4) is 0 Å². The molecule has 1 rings (SSSR count). The lowest BCUT2D eigenvalue weighted by Crippen LogP contribution is -2.30. The molecule has 0 spiro atoms. The van der Waals surface area contributed by atoms with Crippen molar-refractivity contribution in [2.45, 2.75) is 27.2 Å². The molecule has 0 aliphatic carbocycles. The first-order valence-electron chi connectivity index (χ1n) is 5.61. The number of hydrogen-bond donors (Lipinski definition) is 1. The molecule has 0 atom stereocenters. The van der Waals surface area contributed by atoms with E-state index in [2.05, 4.69) is 6.07 Å². The summed E-state index contributed by atoms with van der Waals surface area (Å²) in [5.41, 5.74) is 8.80. The van der Waals surface area contributed by atoms with Gasteiger partial charge >= 0.3 is 0 Å². The van der Waals surface area contributed by atoms with Crippen LogP contribution in [0.2, 0.25) is 0 Å². The van der Waals surface area contributed by atoms with Crippen molar-refractivity contribution in [1.82, 2.24) is 0 Å². The summed E-state index contributed by atoms with van der Waals surface area (Å²) in [5.74, 6) is 0.0680. The maximum atomic E-state index is 11.6. The molecule has 0 heterocycles. The Morgan fingerprint density at radius 2 is 1.81 bits per heavy atom. The van der Waals surface area contributed by atoms with Crippen LogP contribution in [-0.4, -0.2) is 19.0 Å². The third kappa shape index (κ3) is 3.35. The second-order valence-electron chi connectivity index (χ2n) is 4.16. The molecule has 0 saturated heterocycles. The van der Waals surface area contributed by atoms with Gasteiger partial charge in [0.25, 0.3) is 0 Å². The standard InChI is InChI=1S/C13H20N2O/c1-10-7-11(2)9-13(8-10)15(12(3)16)6-4-5-14/h7-9H,4-6,14H2,1-3H3. The second kappa shape index (κ2) is 5.66. The van der Waals surface area contributed by atoms with Gasteiger partial charge in [-0.25, -0.2) is 0 Å². The number of hydrogen-bond acceptors (Lipinski definition) is 2. The highest BCUT2D eigenvalue weighted by atomic mass is 16.2. The van der Waals surface area contributed by atoms with Crippen LogP contribution < -0.4 is 10.6 Å². The van der Waals surface area contributed by atoms with Crippen molar-refractivity contribution >= 4 is 11.6 Å². The molecule has 0 aromatic heterocycles. The van der Waals surface area contributed by atoms with Crippen LogP contribution in [0.25, 0.3) is 0 Å². The lowest BCUT2D eigenvalue weighted by Gasteiger charge is -2.21. The fraction of sp³-hybridized carbons (Fsp3) is 0.462. The van der Waals surface area contributed by atoms with Crippen LogP contribution in [0.4, 0.5) is 5.69 Å². The Labute approximate surface area is 97.2 Å². The summed E-state index contributed by atoms with van der Waals surface area (Å²) < 4.78 is 0. The van der Waals surface area contributed by atoms with Crippen molar-refractivity contribution < 1.29 is 4.79 Å². The van der Waals surface area contributed by atoms with Crippen molar-refractivity contribution in [3.05, 3.63) is 29.3 Å². The Morgan fingerprint density at radius 1 is 1.25 bits per heavy atom. The number of amides is 1. The van der Waals surface area contributed by atoms with Gasteiger partial charge in [0, 0.05) is 19.2 Å². The maximum absolute atomic E-state index is 11.6. The van der Waals surface area contributed by atoms with Gasteiger partial charge in [-0.15, -0.1) is 0 Å². The summed E-state index contributed by atoms with van der Waals surface area (Å²) in [6, 6.07) is 6.17. The van der Waals surface area contributed by atoms with E-state index in [9.17, 15) is 4.79 Å². The zero-order valence-corrected chi connectivity index (χ0v) is 10.3. The van der Waals surface area contributed by atoms with Gasteiger partial charge in [-0.1, -0.05) is 6.07 Å². The van der Waals surface area contributed by atoms with Crippen LogP contribution in [0.15, 0.2) is 18.2 Å². The molecule has 16 heavy (non-hydrogen) atoms. The van der Waals surface area contributed by atoms with Gasteiger partial charge in [0.2, 0.25) is 5.91 Å². The van der Waals surface area contributed by atoms with Gasteiger partial charge in [0.15, 0.2) is 0 Å². The summed E-state index contributed by atoms with van der Waals surface area (Å²) in [7, 11) is 0. The monoisotopic (exact) mass is 220 g/mol. The molecule has 88 valence electrons. The molecule has 0 aliphatic heterocycles. The summed E-state index contributed by atoms with van der Waals surface area (Å²) in [4.78, 5) is 13.3. The normalized spacial score (nSPS) is 10.2. The van der Waals surface area contributed by atoms with E-state index in [1.165, 1.54) is 11.1 Å². The van der Waals surface area contributed by atoms with E-state index in [0.29, 0.717) is 13.1 Å². The molecule has 0 radical (unpaired) electrons. The summed E-state index contributed by atoms with van der Waals surface area (Å²) in [6.45, 7) is 6.97. The molecular formula is C13H20N2O. The highest BCUT2D eigenvalue weighted by Crippen LogP contribution is 2.19. The molecule has 3 heteroatoms. The largest absolute Gasteiger partial charge is 0.330 e. The van der Waals surface area contributed by atoms with Gasteiger partial charge in [-0.05, 0) is 50.1 Å². The van der Waals surface area contributed by atoms with Crippen molar-refractivity contribution in [2.75, 3.05) is 18.0 Å². The van der Waals surface area contributed by atoms with E-state index >= 15 is 0 Å². The van der Waals surface area contributed by atoms with E-state index in [1.807, 2.05) is 26.0 Å². The molecule has 0 aliphatic rings. The number of aryl methyl sites for hydroxylation is 2. The Hall–Kier alpha value is -1.35. The molecule has 0 saturated carbocycles. The molecule has 1 amide bonds.